The second kappa shape index (κ2) is 7.56. The van der Waals surface area contributed by atoms with E-state index in [2.05, 4.69) is 0 Å². The van der Waals surface area contributed by atoms with Crippen molar-refractivity contribution in [2.45, 2.75) is 46.0 Å². The number of allylic oxidation sites excluding steroid dienone is 1. The summed E-state index contributed by atoms with van der Waals surface area (Å²) in [6, 6.07) is 0. The van der Waals surface area contributed by atoms with E-state index in [1.165, 1.54) is 0 Å². The van der Waals surface area contributed by atoms with Crippen LogP contribution in [0.15, 0.2) is 11.1 Å². The zero-order chi connectivity index (χ0) is 11.0. The predicted molar refractivity (Wildman–Crippen MR) is 59.7 cm³/mol. The summed E-state index contributed by atoms with van der Waals surface area (Å²) in [6.45, 7) is 4.62. The molecule has 0 aliphatic heterocycles. The second-order valence-electron chi connectivity index (χ2n) is 3.80. The maximum atomic E-state index is 11.0. The number of primary amides is 1. The summed E-state index contributed by atoms with van der Waals surface area (Å²) in [5, 5.41) is 0. The largest absolute Gasteiger partial charge is 0.366 e. The summed E-state index contributed by atoms with van der Waals surface area (Å²) >= 11 is 0. The first-order valence-corrected chi connectivity index (χ1v) is 5.25. The lowest BCUT2D eigenvalue weighted by Gasteiger charge is -2.05. The van der Waals surface area contributed by atoms with Crippen molar-refractivity contribution in [1.82, 2.24) is 0 Å². The highest BCUT2D eigenvalue weighted by atomic mass is 16.1. The molecular formula is C11H22N2O. The Morgan fingerprint density at radius 2 is 1.64 bits per heavy atom. The van der Waals surface area contributed by atoms with E-state index in [9.17, 15) is 4.79 Å². The van der Waals surface area contributed by atoms with Gasteiger partial charge >= 0.3 is 0 Å². The van der Waals surface area contributed by atoms with Gasteiger partial charge in [-0.1, -0.05) is 18.4 Å². The number of rotatable bonds is 7. The van der Waals surface area contributed by atoms with Gasteiger partial charge in [0.2, 0.25) is 5.91 Å². The average Bonchev–Trinajstić information content (AvgIpc) is 2.09. The number of carbonyl (C=O) groups is 1. The molecule has 82 valence electrons. The molecule has 0 aliphatic carbocycles. The van der Waals surface area contributed by atoms with Crippen molar-refractivity contribution < 1.29 is 4.79 Å². The molecule has 1 amide bonds. The Kier molecular flexibility index (Phi) is 7.11. The third kappa shape index (κ3) is 5.75. The minimum Gasteiger partial charge on any atom is -0.366 e. The van der Waals surface area contributed by atoms with Gasteiger partial charge in [-0.3, -0.25) is 4.79 Å². The first-order valence-electron chi connectivity index (χ1n) is 5.25. The summed E-state index contributed by atoms with van der Waals surface area (Å²) in [7, 11) is 0. The molecule has 3 nitrogen and oxygen atoms in total. The Bertz CT molecular complexity index is 205. The van der Waals surface area contributed by atoms with Crippen molar-refractivity contribution in [3.05, 3.63) is 11.1 Å². The second-order valence-corrected chi connectivity index (χ2v) is 3.80. The number of carbonyl (C=O) groups excluding carboxylic acids is 1. The van der Waals surface area contributed by atoms with Crippen molar-refractivity contribution in [3.63, 3.8) is 0 Å². The van der Waals surface area contributed by atoms with Crippen LogP contribution in [0, 0.1) is 0 Å². The van der Waals surface area contributed by atoms with Crippen LogP contribution in [0.4, 0.5) is 0 Å². The maximum absolute atomic E-state index is 11.0. The monoisotopic (exact) mass is 198 g/mol. The minimum atomic E-state index is -0.274. The fraction of sp³-hybridized carbons (Fsp3) is 0.727. The Balaban J connectivity index is 3.75. The van der Waals surface area contributed by atoms with Crippen molar-refractivity contribution in [3.8, 4) is 0 Å². The fourth-order valence-electron chi connectivity index (χ4n) is 1.42. The maximum Gasteiger partial charge on any atom is 0.244 e. The van der Waals surface area contributed by atoms with Crippen LogP contribution in [0.5, 0.6) is 0 Å². The van der Waals surface area contributed by atoms with Gasteiger partial charge in [-0.25, -0.2) is 0 Å². The van der Waals surface area contributed by atoms with E-state index >= 15 is 0 Å². The number of nitrogens with two attached hydrogens (primary N) is 2. The average molecular weight is 198 g/mol. The van der Waals surface area contributed by atoms with Gasteiger partial charge in [-0.05, 0) is 39.7 Å². The third-order valence-electron chi connectivity index (χ3n) is 2.28. The first kappa shape index (κ1) is 13.2. The van der Waals surface area contributed by atoms with Crippen LogP contribution < -0.4 is 11.5 Å². The number of hydrogen-bond donors (Lipinski definition) is 2. The standard InChI is InChI=1S/C11H22N2O/c1-9(2)10(11(13)14)7-5-3-4-6-8-12/h3-8,12H2,1-2H3,(H2,13,14). The molecular weight excluding hydrogens is 176 g/mol. The van der Waals surface area contributed by atoms with E-state index in [4.69, 9.17) is 11.5 Å². The lowest BCUT2D eigenvalue weighted by Crippen LogP contribution is -2.15. The Labute approximate surface area is 86.5 Å². The molecule has 0 fully saturated rings. The number of hydrogen-bond acceptors (Lipinski definition) is 2. The summed E-state index contributed by atoms with van der Waals surface area (Å²) in [4.78, 5) is 11.0. The van der Waals surface area contributed by atoms with Crippen LogP contribution in [-0.2, 0) is 4.79 Å². The molecule has 0 unspecified atom stereocenters. The minimum absolute atomic E-state index is 0.274. The molecule has 0 aromatic heterocycles. The summed E-state index contributed by atoms with van der Waals surface area (Å²) in [5.41, 5.74) is 12.5. The van der Waals surface area contributed by atoms with Crippen molar-refractivity contribution in [1.29, 1.82) is 0 Å². The molecule has 0 spiro atoms. The Hall–Kier alpha value is -0.830. The molecule has 0 aromatic carbocycles. The van der Waals surface area contributed by atoms with Crippen LogP contribution >= 0.6 is 0 Å². The SMILES string of the molecule is CC(C)=C(CCCCCCN)C(N)=O. The van der Waals surface area contributed by atoms with Gasteiger partial charge in [0.25, 0.3) is 0 Å². The molecule has 0 radical (unpaired) electrons. The zero-order valence-corrected chi connectivity index (χ0v) is 9.31. The van der Waals surface area contributed by atoms with Crippen LogP contribution in [-0.4, -0.2) is 12.5 Å². The van der Waals surface area contributed by atoms with Gasteiger partial charge < -0.3 is 11.5 Å². The lowest BCUT2D eigenvalue weighted by atomic mass is 10.0. The molecule has 4 N–H and O–H groups in total. The molecule has 14 heavy (non-hydrogen) atoms. The topological polar surface area (TPSA) is 69.1 Å². The molecule has 3 heteroatoms. The van der Waals surface area contributed by atoms with Gasteiger partial charge in [0.05, 0.1) is 0 Å². The molecule has 0 heterocycles. The van der Waals surface area contributed by atoms with Gasteiger partial charge in [0, 0.05) is 5.57 Å². The van der Waals surface area contributed by atoms with E-state index in [1.807, 2.05) is 13.8 Å². The van der Waals surface area contributed by atoms with Gasteiger partial charge in [-0.2, -0.15) is 0 Å². The van der Waals surface area contributed by atoms with Crippen LogP contribution in [0.25, 0.3) is 0 Å². The van der Waals surface area contributed by atoms with Crippen molar-refractivity contribution in [2.75, 3.05) is 6.54 Å². The predicted octanol–water partition coefficient (Wildman–Crippen LogP) is 1.72. The van der Waals surface area contributed by atoms with E-state index < -0.39 is 0 Å². The van der Waals surface area contributed by atoms with E-state index in [0.29, 0.717) is 0 Å². The summed E-state index contributed by atoms with van der Waals surface area (Å²) in [6.07, 6.45) is 5.18. The highest BCUT2D eigenvalue weighted by Gasteiger charge is 2.05. The van der Waals surface area contributed by atoms with Gasteiger partial charge in [0.15, 0.2) is 0 Å². The van der Waals surface area contributed by atoms with Crippen LogP contribution in [0.3, 0.4) is 0 Å². The van der Waals surface area contributed by atoms with Crippen LogP contribution in [0.1, 0.15) is 46.0 Å². The number of unbranched alkanes of at least 4 members (excludes halogenated alkanes) is 3. The van der Waals surface area contributed by atoms with Crippen LogP contribution in [0.2, 0.25) is 0 Å². The first-order chi connectivity index (χ1) is 6.59. The normalized spacial score (nSPS) is 9.93. The lowest BCUT2D eigenvalue weighted by molar-refractivity contribution is -0.114. The molecule has 0 atom stereocenters. The Morgan fingerprint density at radius 1 is 1.07 bits per heavy atom. The third-order valence-corrected chi connectivity index (χ3v) is 2.28. The van der Waals surface area contributed by atoms with Gasteiger partial charge in [0.1, 0.15) is 0 Å². The summed E-state index contributed by atoms with van der Waals surface area (Å²) in [5.74, 6) is -0.274. The summed E-state index contributed by atoms with van der Waals surface area (Å²) < 4.78 is 0. The van der Waals surface area contributed by atoms with Crippen molar-refractivity contribution in [2.24, 2.45) is 11.5 Å². The van der Waals surface area contributed by atoms with E-state index in [0.717, 1.165) is 49.8 Å². The highest BCUT2D eigenvalue weighted by molar-refractivity contribution is 5.92. The van der Waals surface area contributed by atoms with Crippen molar-refractivity contribution >= 4 is 5.91 Å². The smallest absolute Gasteiger partial charge is 0.244 e. The molecule has 0 bridgehead atoms. The highest BCUT2D eigenvalue weighted by Crippen LogP contribution is 2.13. The van der Waals surface area contributed by atoms with Gasteiger partial charge in [-0.15, -0.1) is 0 Å². The fourth-order valence-corrected chi connectivity index (χ4v) is 1.42. The molecule has 0 aliphatic rings. The quantitative estimate of drug-likeness (QED) is 0.483. The number of amides is 1. The van der Waals surface area contributed by atoms with E-state index in [1.54, 1.807) is 0 Å². The Morgan fingerprint density at radius 3 is 2.07 bits per heavy atom. The molecule has 0 saturated heterocycles. The van der Waals surface area contributed by atoms with E-state index in [-0.39, 0.29) is 5.91 Å². The molecule has 0 aromatic rings. The molecule has 0 saturated carbocycles. The molecule has 0 rings (SSSR count). The zero-order valence-electron chi connectivity index (χ0n) is 9.31.